The second kappa shape index (κ2) is 10.1. The number of ether oxygens (including phenoxy) is 2. The standard InChI is InChI=1S/C13H24O4/c1-4-9-16-12(14)8-7-11(6-3)13(15)17-10-5-2/h11H,4-10H2,1-3H3. The maximum atomic E-state index is 11.6. The SMILES string of the molecule is CCCOC(=O)CCC(CC)C(=O)OCCC. The fourth-order valence-corrected chi connectivity index (χ4v) is 1.39. The number of carbonyl (C=O) groups is 2. The van der Waals surface area contributed by atoms with Crippen LogP contribution in [0, 0.1) is 5.92 Å². The Kier molecular flexibility index (Phi) is 9.49. The molecule has 0 aliphatic carbocycles. The first-order valence-corrected chi connectivity index (χ1v) is 6.47. The second-order valence-corrected chi connectivity index (χ2v) is 4.03. The molecule has 0 N–H and O–H groups in total. The predicted molar refractivity (Wildman–Crippen MR) is 65.5 cm³/mol. The van der Waals surface area contributed by atoms with E-state index in [0.717, 1.165) is 12.8 Å². The van der Waals surface area contributed by atoms with Gasteiger partial charge in [-0.3, -0.25) is 9.59 Å². The summed E-state index contributed by atoms with van der Waals surface area (Å²) in [5.41, 5.74) is 0. The molecule has 0 spiro atoms. The summed E-state index contributed by atoms with van der Waals surface area (Å²) in [6.07, 6.45) is 3.15. The van der Waals surface area contributed by atoms with E-state index in [1.54, 1.807) is 0 Å². The molecule has 17 heavy (non-hydrogen) atoms. The van der Waals surface area contributed by atoms with Gasteiger partial charge in [-0.05, 0) is 25.7 Å². The highest BCUT2D eigenvalue weighted by atomic mass is 16.5. The molecule has 4 nitrogen and oxygen atoms in total. The van der Waals surface area contributed by atoms with E-state index in [0.29, 0.717) is 32.5 Å². The summed E-state index contributed by atoms with van der Waals surface area (Å²) in [5, 5.41) is 0. The van der Waals surface area contributed by atoms with E-state index < -0.39 is 0 Å². The number of hydrogen-bond donors (Lipinski definition) is 0. The van der Waals surface area contributed by atoms with Gasteiger partial charge in [0.15, 0.2) is 0 Å². The molecule has 0 aliphatic rings. The summed E-state index contributed by atoms with van der Waals surface area (Å²) < 4.78 is 10.0. The zero-order chi connectivity index (χ0) is 13.1. The highest BCUT2D eigenvalue weighted by Gasteiger charge is 2.19. The summed E-state index contributed by atoms with van der Waals surface area (Å²) >= 11 is 0. The van der Waals surface area contributed by atoms with Crippen LogP contribution >= 0.6 is 0 Å². The lowest BCUT2D eigenvalue weighted by molar-refractivity contribution is -0.150. The van der Waals surface area contributed by atoms with Crippen molar-refractivity contribution in [3.63, 3.8) is 0 Å². The second-order valence-electron chi connectivity index (χ2n) is 4.03. The van der Waals surface area contributed by atoms with Crippen LogP contribution in [0.5, 0.6) is 0 Å². The monoisotopic (exact) mass is 244 g/mol. The zero-order valence-corrected chi connectivity index (χ0v) is 11.2. The number of esters is 2. The molecule has 1 unspecified atom stereocenters. The van der Waals surface area contributed by atoms with E-state index >= 15 is 0 Å². The Morgan fingerprint density at radius 3 is 2.12 bits per heavy atom. The minimum absolute atomic E-state index is 0.185. The van der Waals surface area contributed by atoms with Crippen LogP contribution in [0.15, 0.2) is 0 Å². The summed E-state index contributed by atoms with van der Waals surface area (Å²) in [6, 6.07) is 0. The maximum Gasteiger partial charge on any atom is 0.308 e. The number of hydrogen-bond acceptors (Lipinski definition) is 4. The molecule has 0 rings (SSSR count). The van der Waals surface area contributed by atoms with Crippen LogP contribution < -0.4 is 0 Å². The molecule has 1 atom stereocenters. The van der Waals surface area contributed by atoms with Gasteiger partial charge in [0.1, 0.15) is 0 Å². The van der Waals surface area contributed by atoms with Gasteiger partial charge in [-0.2, -0.15) is 0 Å². The van der Waals surface area contributed by atoms with Crippen molar-refractivity contribution >= 4 is 11.9 Å². The van der Waals surface area contributed by atoms with E-state index in [-0.39, 0.29) is 17.9 Å². The molecule has 0 heterocycles. The summed E-state index contributed by atoms with van der Waals surface area (Å²) in [5.74, 6) is -0.609. The van der Waals surface area contributed by atoms with Crippen LogP contribution in [-0.4, -0.2) is 25.2 Å². The largest absolute Gasteiger partial charge is 0.466 e. The Labute approximate surface area is 104 Å². The average molecular weight is 244 g/mol. The van der Waals surface area contributed by atoms with E-state index in [9.17, 15) is 9.59 Å². The van der Waals surface area contributed by atoms with Crippen molar-refractivity contribution in [3.05, 3.63) is 0 Å². The lowest BCUT2D eigenvalue weighted by Crippen LogP contribution is -2.19. The molecular weight excluding hydrogens is 220 g/mol. The molecule has 0 radical (unpaired) electrons. The molecule has 0 bridgehead atoms. The number of rotatable bonds is 9. The lowest BCUT2D eigenvalue weighted by Gasteiger charge is -2.13. The van der Waals surface area contributed by atoms with Crippen LogP contribution in [-0.2, 0) is 19.1 Å². The zero-order valence-electron chi connectivity index (χ0n) is 11.2. The van der Waals surface area contributed by atoms with Crippen LogP contribution in [0.2, 0.25) is 0 Å². The van der Waals surface area contributed by atoms with Gasteiger partial charge in [0, 0.05) is 6.42 Å². The smallest absolute Gasteiger partial charge is 0.308 e. The Bertz CT molecular complexity index is 225. The molecule has 0 saturated carbocycles. The van der Waals surface area contributed by atoms with Crippen molar-refractivity contribution < 1.29 is 19.1 Å². The maximum absolute atomic E-state index is 11.6. The topological polar surface area (TPSA) is 52.6 Å². The van der Waals surface area contributed by atoms with Crippen molar-refractivity contribution in [2.75, 3.05) is 13.2 Å². The van der Waals surface area contributed by atoms with E-state index in [1.807, 2.05) is 20.8 Å². The highest BCUT2D eigenvalue weighted by molar-refractivity contribution is 5.74. The molecular formula is C13H24O4. The highest BCUT2D eigenvalue weighted by Crippen LogP contribution is 2.13. The van der Waals surface area contributed by atoms with Crippen LogP contribution in [0.3, 0.4) is 0 Å². The third-order valence-electron chi connectivity index (χ3n) is 2.44. The van der Waals surface area contributed by atoms with E-state index in [2.05, 4.69) is 0 Å². The van der Waals surface area contributed by atoms with Crippen molar-refractivity contribution in [1.29, 1.82) is 0 Å². The minimum atomic E-state index is -0.228. The van der Waals surface area contributed by atoms with Crippen molar-refractivity contribution in [2.24, 2.45) is 5.92 Å². The Balaban J connectivity index is 3.88. The molecule has 0 aromatic carbocycles. The predicted octanol–water partition coefficient (Wildman–Crippen LogP) is 2.70. The Morgan fingerprint density at radius 2 is 1.59 bits per heavy atom. The van der Waals surface area contributed by atoms with Gasteiger partial charge < -0.3 is 9.47 Å². The summed E-state index contributed by atoms with van der Waals surface area (Å²) in [4.78, 5) is 22.9. The minimum Gasteiger partial charge on any atom is -0.466 e. The Hall–Kier alpha value is -1.06. The Morgan fingerprint density at radius 1 is 1.00 bits per heavy atom. The van der Waals surface area contributed by atoms with Gasteiger partial charge >= 0.3 is 11.9 Å². The van der Waals surface area contributed by atoms with Crippen LogP contribution in [0.25, 0.3) is 0 Å². The fraction of sp³-hybridized carbons (Fsp3) is 0.846. The molecule has 0 aromatic rings. The van der Waals surface area contributed by atoms with E-state index in [4.69, 9.17) is 9.47 Å². The summed E-state index contributed by atoms with van der Waals surface area (Å²) in [6.45, 7) is 6.74. The lowest BCUT2D eigenvalue weighted by atomic mass is 10.0. The first kappa shape index (κ1) is 15.9. The molecule has 0 aliphatic heterocycles. The van der Waals surface area contributed by atoms with Crippen molar-refractivity contribution in [1.82, 2.24) is 0 Å². The molecule has 0 saturated heterocycles. The first-order valence-electron chi connectivity index (χ1n) is 6.47. The molecule has 0 fully saturated rings. The molecule has 4 heteroatoms. The quantitative estimate of drug-likeness (QED) is 0.585. The molecule has 0 aromatic heterocycles. The van der Waals surface area contributed by atoms with Gasteiger partial charge in [-0.15, -0.1) is 0 Å². The van der Waals surface area contributed by atoms with E-state index in [1.165, 1.54) is 0 Å². The fourth-order valence-electron chi connectivity index (χ4n) is 1.39. The summed E-state index contributed by atoms with van der Waals surface area (Å²) in [7, 11) is 0. The van der Waals surface area contributed by atoms with Crippen molar-refractivity contribution in [2.45, 2.75) is 52.9 Å². The van der Waals surface area contributed by atoms with Crippen molar-refractivity contribution in [3.8, 4) is 0 Å². The van der Waals surface area contributed by atoms with Gasteiger partial charge in [0.2, 0.25) is 0 Å². The van der Waals surface area contributed by atoms with Crippen LogP contribution in [0.1, 0.15) is 52.9 Å². The first-order chi connectivity index (χ1) is 8.15. The van der Waals surface area contributed by atoms with Gasteiger partial charge in [0.25, 0.3) is 0 Å². The van der Waals surface area contributed by atoms with Gasteiger partial charge in [0.05, 0.1) is 19.1 Å². The average Bonchev–Trinajstić information content (AvgIpc) is 2.34. The van der Waals surface area contributed by atoms with Gasteiger partial charge in [-0.1, -0.05) is 20.8 Å². The number of carbonyl (C=O) groups excluding carboxylic acids is 2. The van der Waals surface area contributed by atoms with Crippen LogP contribution in [0.4, 0.5) is 0 Å². The molecule has 0 amide bonds. The normalized spacial score (nSPS) is 11.9. The van der Waals surface area contributed by atoms with Gasteiger partial charge in [-0.25, -0.2) is 0 Å². The third kappa shape index (κ3) is 7.77. The third-order valence-corrected chi connectivity index (χ3v) is 2.44. The molecule has 100 valence electrons.